The van der Waals surface area contributed by atoms with Crippen LogP contribution in [0.5, 0.6) is 0 Å². The first kappa shape index (κ1) is 15.4. The van der Waals surface area contributed by atoms with Gasteiger partial charge in [0.1, 0.15) is 5.71 Å². The number of carbonyl (C=O) groups is 1. The van der Waals surface area contributed by atoms with Gasteiger partial charge in [0, 0.05) is 33.3 Å². The number of carbonyl (C=O) groups excluding carboxylic acids is 1. The molecular formula is C22H16N4O. The van der Waals surface area contributed by atoms with E-state index in [1.54, 1.807) is 0 Å². The van der Waals surface area contributed by atoms with Gasteiger partial charge in [0.15, 0.2) is 0 Å². The maximum atomic E-state index is 12.3. The molecule has 0 radical (unpaired) electrons. The molecule has 130 valence electrons. The quantitative estimate of drug-likeness (QED) is 0.395. The van der Waals surface area contributed by atoms with Gasteiger partial charge in [-0.25, -0.2) is 10.2 Å². The largest absolute Gasteiger partial charge is 0.354 e. The van der Waals surface area contributed by atoms with Gasteiger partial charge in [-0.05, 0) is 18.2 Å². The molecule has 0 unspecified atom stereocenters. The second kappa shape index (κ2) is 6.14. The lowest BCUT2D eigenvalue weighted by Gasteiger charge is -2.06. The number of nitrogens with one attached hydrogen (secondary N) is 3. The molecule has 0 fully saturated rings. The highest BCUT2D eigenvalue weighted by Crippen LogP contribution is 2.40. The smallest absolute Gasteiger partial charge is 0.339 e. The van der Waals surface area contributed by atoms with Gasteiger partial charge in [0.05, 0.1) is 5.69 Å². The zero-order valence-corrected chi connectivity index (χ0v) is 14.4. The van der Waals surface area contributed by atoms with Crippen LogP contribution in [0.4, 0.5) is 10.5 Å². The SMILES string of the molecule is O=C(N/N=C1\c2ccccc2-c2[nH]c3ccccc3c21)Nc1ccccc1. The number of anilines is 1. The van der Waals surface area contributed by atoms with Crippen molar-refractivity contribution in [2.45, 2.75) is 0 Å². The Bertz CT molecular complexity index is 1190. The van der Waals surface area contributed by atoms with Gasteiger partial charge in [0.2, 0.25) is 0 Å². The van der Waals surface area contributed by atoms with Crippen molar-refractivity contribution >= 4 is 28.3 Å². The van der Waals surface area contributed by atoms with Gasteiger partial charge in [-0.3, -0.25) is 0 Å². The number of hydrogen-bond acceptors (Lipinski definition) is 2. The van der Waals surface area contributed by atoms with E-state index in [4.69, 9.17) is 0 Å². The van der Waals surface area contributed by atoms with Crippen LogP contribution in [-0.4, -0.2) is 16.7 Å². The molecule has 1 aromatic heterocycles. The minimum atomic E-state index is -0.375. The molecule has 4 aromatic rings. The van der Waals surface area contributed by atoms with E-state index in [1.807, 2.05) is 66.7 Å². The van der Waals surface area contributed by atoms with E-state index in [2.05, 4.69) is 33.0 Å². The van der Waals surface area contributed by atoms with Crippen molar-refractivity contribution in [3.05, 3.63) is 90.0 Å². The number of amides is 2. The number of rotatable bonds is 2. The van der Waals surface area contributed by atoms with Gasteiger partial charge < -0.3 is 10.3 Å². The Labute approximate surface area is 155 Å². The molecule has 1 heterocycles. The third-order valence-electron chi connectivity index (χ3n) is 4.70. The van der Waals surface area contributed by atoms with Crippen LogP contribution in [0.2, 0.25) is 0 Å². The number of aromatic nitrogens is 1. The Hall–Kier alpha value is -3.86. The minimum Gasteiger partial charge on any atom is -0.354 e. The highest BCUT2D eigenvalue weighted by atomic mass is 16.2. The van der Waals surface area contributed by atoms with Gasteiger partial charge in [0.25, 0.3) is 0 Å². The van der Waals surface area contributed by atoms with Gasteiger partial charge in [-0.1, -0.05) is 60.7 Å². The fraction of sp³-hybridized carbons (Fsp3) is 0. The first-order chi connectivity index (χ1) is 13.3. The van der Waals surface area contributed by atoms with Crippen molar-refractivity contribution in [1.82, 2.24) is 10.4 Å². The third kappa shape index (κ3) is 2.57. The van der Waals surface area contributed by atoms with Crippen LogP contribution in [-0.2, 0) is 0 Å². The first-order valence-corrected chi connectivity index (χ1v) is 8.72. The Kier molecular flexibility index (Phi) is 3.50. The Morgan fingerprint density at radius 1 is 0.815 bits per heavy atom. The third-order valence-corrected chi connectivity index (χ3v) is 4.70. The first-order valence-electron chi connectivity index (χ1n) is 8.72. The Morgan fingerprint density at radius 2 is 1.52 bits per heavy atom. The highest BCUT2D eigenvalue weighted by Gasteiger charge is 2.29. The zero-order chi connectivity index (χ0) is 18.2. The van der Waals surface area contributed by atoms with Gasteiger partial charge in [-0.15, -0.1) is 0 Å². The lowest BCUT2D eigenvalue weighted by Crippen LogP contribution is -2.25. The van der Waals surface area contributed by atoms with E-state index in [0.29, 0.717) is 0 Å². The van der Waals surface area contributed by atoms with Crippen molar-refractivity contribution in [3.8, 4) is 11.3 Å². The second-order valence-electron chi connectivity index (χ2n) is 6.36. The number of aromatic amines is 1. The Balaban J connectivity index is 1.54. The van der Waals surface area contributed by atoms with Crippen molar-refractivity contribution in [3.63, 3.8) is 0 Å². The summed E-state index contributed by atoms with van der Waals surface area (Å²) in [6, 6.07) is 25.1. The standard InChI is InChI=1S/C22H16N4O/c27-22(23-14-8-2-1-3-9-14)26-25-21-16-11-5-4-10-15(16)20-19(21)17-12-6-7-13-18(17)24-20/h1-13,24H,(H2,23,26,27)/b25-21+. The molecule has 5 heteroatoms. The van der Waals surface area contributed by atoms with Crippen LogP contribution in [0, 0.1) is 0 Å². The predicted molar refractivity (Wildman–Crippen MR) is 108 cm³/mol. The molecule has 3 N–H and O–H groups in total. The summed E-state index contributed by atoms with van der Waals surface area (Å²) >= 11 is 0. The van der Waals surface area contributed by atoms with Crippen LogP contribution in [0.3, 0.4) is 0 Å². The number of fused-ring (bicyclic) bond motifs is 5. The lowest BCUT2D eigenvalue weighted by atomic mass is 10.1. The summed E-state index contributed by atoms with van der Waals surface area (Å²) in [7, 11) is 0. The fourth-order valence-electron chi connectivity index (χ4n) is 3.54. The summed E-state index contributed by atoms with van der Waals surface area (Å²) in [4.78, 5) is 15.7. The van der Waals surface area contributed by atoms with Gasteiger partial charge in [-0.2, -0.15) is 5.10 Å². The van der Waals surface area contributed by atoms with Crippen LogP contribution >= 0.6 is 0 Å². The summed E-state index contributed by atoms with van der Waals surface area (Å²) in [5.74, 6) is 0. The Morgan fingerprint density at radius 3 is 2.37 bits per heavy atom. The molecule has 2 amide bonds. The molecule has 3 aromatic carbocycles. The van der Waals surface area contributed by atoms with E-state index in [0.717, 1.165) is 44.7 Å². The molecule has 5 nitrogen and oxygen atoms in total. The second-order valence-corrected chi connectivity index (χ2v) is 6.36. The molecule has 1 aliphatic carbocycles. The fourth-order valence-corrected chi connectivity index (χ4v) is 3.54. The van der Waals surface area contributed by atoms with E-state index in [-0.39, 0.29) is 6.03 Å². The van der Waals surface area contributed by atoms with E-state index < -0.39 is 0 Å². The molecular weight excluding hydrogens is 336 g/mol. The normalized spacial score (nSPS) is 13.4. The van der Waals surface area contributed by atoms with Gasteiger partial charge >= 0.3 is 6.03 Å². The predicted octanol–water partition coefficient (Wildman–Crippen LogP) is 4.72. The van der Waals surface area contributed by atoms with E-state index in [9.17, 15) is 4.79 Å². The summed E-state index contributed by atoms with van der Waals surface area (Å²) in [6.45, 7) is 0. The average molecular weight is 352 g/mol. The highest BCUT2D eigenvalue weighted by molar-refractivity contribution is 6.29. The summed E-state index contributed by atoms with van der Waals surface area (Å²) in [5, 5.41) is 8.33. The zero-order valence-electron chi connectivity index (χ0n) is 14.4. The molecule has 0 saturated heterocycles. The molecule has 27 heavy (non-hydrogen) atoms. The van der Waals surface area contributed by atoms with Crippen molar-refractivity contribution in [2.75, 3.05) is 5.32 Å². The molecule has 1 aliphatic rings. The number of nitrogens with zero attached hydrogens (tertiary/aromatic N) is 1. The molecule has 0 bridgehead atoms. The summed E-state index contributed by atoms with van der Waals surface area (Å²) < 4.78 is 0. The maximum absolute atomic E-state index is 12.3. The van der Waals surface area contributed by atoms with Crippen LogP contribution < -0.4 is 10.7 Å². The number of benzene rings is 3. The number of hydrazone groups is 1. The van der Waals surface area contributed by atoms with E-state index in [1.165, 1.54) is 0 Å². The molecule has 0 saturated carbocycles. The number of hydrogen-bond donors (Lipinski definition) is 3. The van der Waals surface area contributed by atoms with Crippen molar-refractivity contribution in [2.24, 2.45) is 5.10 Å². The maximum Gasteiger partial charge on any atom is 0.339 e. The number of urea groups is 1. The monoisotopic (exact) mass is 352 g/mol. The van der Waals surface area contributed by atoms with Crippen LogP contribution in [0.1, 0.15) is 11.1 Å². The topological polar surface area (TPSA) is 69.3 Å². The molecule has 5 rings (SSSR count). The van der Waals surface area contributed by atoms with Crippen LogP contribution in [0.15, 0.2) is 84.0 Å². The lowest BCUT2D eigenvalue weighted by molar-refractivity contribution is 0.252. The summed E-state index contributed by atoms with van der Waals surface area (Å²) in [5.41, 5.74) is 9.32. The van der Waals surface area contributed by atoms with Crippen molar-refractivity contribution in [1.29, 1.82) is 0 Å². The molecule has 0 aliphatic heterocycles. The van der Waals surface area contributed by atoms with Crippen LogP contribution in [0.25, 0.3) is 22.2 Å². The minimum absolute atomic E-state index is 0.375. The number of para-hydroxylation sites is 2. The van der Waals surface area contributed by atoms with Crippen molar-refractivity contribution < 1.29 is 4.79 Å². The molecule has 0 spiro atoms. The average Bonchev–Trinajstić information content (AvgIpc) is 3.22. The number of H-pyrrole nitrogens is 1. The molecule has 0 atom stereocenters. The van der Waals surface area contributed by atoms with E-state index >= 15 is 0 Å². The summed E-state index contributed by atoms with van der Waals surface area (Å²) in [6.07, 6.45) is 0.